The van der Waals surface area contributed by atoms with Crippen LogP contribution in [0.1, 0.15) is 85.0 Å². The monoisotopic (exact) mass is 674 g/mol. The molecular weight excluding hydrogens is 624 g/mol. The van der Waals surface area contributed by atoms with Crippen molar-refractivity contribution >= 4 is 51.2 Å². The van der Waals surface area contributed by atoms with Crippen molar-refractivity contribution in [3.05, 3.63) is 0 Å². The second-order valence-electron chi connectivity index (χ2n) is 14.1. The van der Waals surface area contributed by atoms with E-state index in [-0.39, 0.29) is 31.3 Å². The van der Waals surface area contributed by atoms with Gasteiger partial charge in [0.15, 0.2) is 0 Å². The highest BCUT2D eigenvalue weighted by atomic mass is 35.5. The molecule has 2 aliphatic carbocycles. The Kier molecular flexibility index (Phi) is 12.7. The lowest BCUT2D eigenvalue weighted by atomic mass is 9.80. The van der Waals surface area contributed by atoms with Gasteiger partial charge in [-0.1, -0.05) is 59.3 Å². The predicted molar refractivity (Wildman–Crippen MR) is 171 cm³/mol. The Morgan fingerprint density at radius 1 is 0.978 bits per heavy atom. The molecule has 0 bridgehead atoms. The minimum atomic E-state index is -3.50. The standard InChI is InChI=1S/C30H51ClN6O7S/c1-30(2,3)23(17-36(4)45(5,43)44)34-29(42)35-24(19-12-7-6-8-13-19)28(41)37-16-20(31)15-22(37)27(40)33-21(25(38)26(32)39)14-18-10-9-11-18/h18-24H,6-17H2,1-5H3,(H2,32,39)(H,33,40)(H2,34,35,42)/t20-,21?,22+,23-,24+/m1/s1. The fourth-order valence-electron chi connectivity index (χ4n) is 6.31. The number of primary amides is 1. The largest absolute Gasteiger partial charge is 0.363 e. The zero-order valence-corrected chi connectivity index (χ0v) is 28.7. The molecule has 1 unspecified atom stereocenters. The van der Waals surface area contributed by atoms with E-state index in [1.54, 1.807) is 0 Å². The van der Waals surface area contributed by atoms with E-state index < -0.39 is 74.5 Å². The second kappa shape index (κ2) is 15.4. The Bertz CT molecular complexity index is 1220. The molecule has 15 heteroatoms. The fraction of sp³-hybridized carbons (Fsp3) is 0.833. The van der Waals surface area contributed by atoms with Crippen LogP contribution in [-0.4, -0.2) is 103 Å². The quantitative estimate of drug-likeness (QED) is 0.168. The van der Waals surface area contributed by atoms with E-state index in [0.29, 0.717) is 19.3 Å². The Morgan fingerprint density at radius 3 is 2.11 bits per heavy atom. The van der Waals surface area contributed by atoms with Gasteiger partial charge in [0.1, 0.15) is 12.1 Å². The van der Waals surface area contributed by atoms with E-state index in [1.807, 2.05) is 20.8 Å². The normalized spacial score (nSPS) is 23.5. The Morgan fingerprint density at radius 2 is 1.60 bits per heavy atom. The number of nitrogens with zero attached hydrogens (tertiary/aromatic N) is 2. The Labute approximate surface area is 272 Å². The van der Waals surface area contributed by atoms with E-state index in [0.717, 1.165) is 44.8 Å². The maximum absolute atomic E-state index is 14.2. The molecule has 5 atom stereocenters. The number of carbonyl (C=O) groups is 5. The third-order valence-electron chi connectivity index (χ3n) is 9.54. The molecule has 0 aromatic heterocycles. The van der Waals surface area contributed by atoms with Crippen molar-refractivity contribution in [1.82, 2.24) is 25.2 Å². The first-order valence-electron chi connectivity index (χ1n) is 15.9. The third kappa shape index (κ3) is 10.3. The molecule has 5 amide bonds. The van der Waals surface area contributed by atoms with Gasteiger partial charge >= 0.3 is 6.03 Å². The maximum atomic E-state index is 14.2. The second-order valence-corrected chi connectivity index (χ2v) is 16.8. The molecule has 256 valence electrons. The van der Waals surface area contributed by atoms with Crippen LogP contribution in [0.2, 0.25) is 0 Å². The average Bonchev–Trinajstić information content (AvgIpc) is 3.32. The van der Waals surface area contributed by atoms with Crippen LogP contribution in [0.15, 0.2) is 0 Å². The molecule has 13 nitrogen and oxygen atoms in total. The SMILES string of the molecule is CN(C[C@@H](NC(=O)N[C@H](C(=O)N1C[C@H](Cl)C[C@H]1C(=O)NC(CC1CCC1)C(=O)C(N)=O)C1CCCCC1)C(C)(C)C)S(C)(=O)=O. The topological polar surface area (TPSA) is 188 Å². The number of sulfonamides is 1. The summed E-state index contributed by atoms with van der Waals surface area (Å²) in [4.78, 5) is 66.9. The molecule has 5 N–H and O–H groups in total. The maximum Gasteiger partial charge on any atom is 0.315 e. The van der Waals surface area contributed by atoms with Gasteiger partial charge in [0.25, 0.3) is 5.91 Å². The summed E-state index contributed by atoms with van der Waals surface area (Å²) >= 11 is 6.49. The Balaban J connectivity index is 1.80. The number of nitrogens with two attached hydrogens (primary N) is 1. The van der Waals surface area contributed by atoms with E-state index >= 15 is 0 Å². The number of nitrogens with one attached hydrogen (secondary N) is 3. The molecule has 1 heterocycles. The predicted octanol–water partition coefficient (Wildman–Crippen LogP) is 1.48. The van der Waals surface area contributed by atoms with Crippen LogP contribution in [0.3, 0.4) is 0 Å². The highest BCUT2D eigenvalue weighted by Crippen LogP contribution is 2.32. The van der Waals surface area contributed by atoms with Gasteiger partial charge in [-0.3, -0.25) is 19.2 Å². The number of hydrogen-bond acceptors (Lipinski definition) is 7. The lowest BCUT2D eigenvalue weighted by Crippen LogP contribution is -2.60. The number of urea groups is 1. The molecule has 1 aliphatic heterocycles. The first-order chi connectivity index (χ1) is 20.9. The van der Waals surface area contributed by atoms with Crippen LogP contribution >= 0.6 is 11.6 Å². The summed E-state index contributed by atoms with van der Waals surface area (Å²) in [5.41, 5.74) is 4.76. The summed E-state index contributed by atoms with van der Waals surface area (Å²) in [5.74, 6) is -3.01. The van der Waals surface area contributed by atoms with Crippen molar-refractivity contribution in [2.24, 2.45) is 23.0 Å². The number of Topliss-reactive ketones (excluding diaryl/α,β-unsaturated/α-hetero) is 1. The molecule has 3 aliphatic rings. The molecule has 1 saturated heterocycles. The minimum Gasteiger partial charge on any atom is -0.363 e. The summed E-state index contributed by atoms with van der Waals surface area (Å²) in [6.45, 7) is 5.76. The number of carbonyl (C=O) groups excluding carboxylic acids is 5. The third-order valence-corrected chi connectivity index (χ3v) is 11.1. The highest BCUT2D eigenvalue weighted by molar-refractivity contribution is 7.88. The molecular formula is C30H51ClN6O7S. The molecule has 0 aromatic carbocycles. The van der Waals surface area contributed by atoms with Crippen LogP contribution in [0.5, 0.6) is 0 Å². The molecule has 0 aromatic rings. The van der Waals surface area contributed by atoms with Gasteiger partial charge < -0.3 is 26.6 Å². The molecule has 45 heavy (non-hydrogen) atoms. The molecule has 3 rings (SSSR count). The number of halogens is 1. The lowest BCUT2D eigenvalue weighted by molar-refractivity contribution is -0.143. The van der Waals surface area contributed by atoms with Crippen molar-refractivity contribution in [2.75, 3.05) is 26.4 Å². The van der Waals surface area contributed by atoms with Crippen LogP contribution in [0, 0.1) is 17.3 Å². The number of ketones is 1. The summed E-state index contributed by atoms with van der Waals surface area (Å²) in [7, 11) is -2.06. The van der Waals surface area contributed by atoms with Gasteiger partial charge in [-0.2, -0.15) is 0 Å². The van der Waals surface area contributed by atoms with Crippen LogP contribution in [0.25, 0.3) is 0 Å². The number of likely N-dealkylation sites (tertiary alicyclic amines) is 1. The number of alkyl halides is 1. The average molecular weight is 675 g/mol. The summed E-state index contributed by atoms with van der Waals surface area (Å²) in [6, 6.07) is -4.22. The molecule has 0 radical (unpaired) electrons. The van der Waals surface area contributed by atoms with Crippen molar-refractivity contribution < 1.29 is 32.4 Å². The van der Waals surface area contributed by atoms with E-state index in [9.17, 15) is 32.4 Å². The van der Waals surface area contributed by atoms with Gasteiger partial charge in [0.2, 0.25) is 27.6 Å². The van der Waals surface area contributed by atoms with Crippen molar-refractivity contribution in [3.63, 3.8) is 0 Å². The number of hydrogen-bond donors (Lipinski definition) is 4. The highest BCUT2D eigenvalue weighted by Gasteiger charge is 2.45. The summed E-state index contributed by atoms with van der Waals surface area (Å²) < 4.78 is 25.3. The first-order valence-corrected chi connectivity index (χ1v) is 18.2. The van der Waals surface area contributed by atoms with Gasteiger partial charge in [-0.25, -0.2) is 17.5 Å². The zero-order valence-electron chi connectivity index (χ0n) is 27.1. The van der Waals surface area contributed by atoms with Gasteiger partial charge in [-0.15, -0.1) is 11.6 Å². The van der Waals surface area contributed by atoms with E-state index in [4.69, 9.17) is 17.3 Å². The number of amides is 5. The Hall–Kier alpha value is -2.45. The number of likely N-dealkylation sites (N-methyl/N-ethyl adjacent to an activating group) is 1. The van der Waals surface area contributed by atoms with Gasteiger partial charge in [0, 0.05) is 26.2 Å². The molecule has 2 saturated carbocycles. The van der Waals surface area contributed by atoms with E-state index in [1.165, 1.54) is 16.3 Å². The molecule has 0 spiro atoms. The van der Waals surface area contributed by atoms with Gasteiger partial charge in [0.05, 0.1) is 17.7 Å². The van der Waals surface area contributed by atoms with Crippen molar-refractivity contribution in [3.8, 4) is 0 Å². The minimum absolute atomic E-state index is 0.0339. The smallest absolute Gasteiger partial charge is 0.315 e. The summed E-state index contributed by atoms with van der Waals surface area (Å²) in [5, 5.41) is 7.90. The van der Waals surface area contributed by atoms with E-state index in [2.05, 4.69) is 16.0 Å². The van der Waals surface area contributed by atoms with Crippen LogP contribution in [0.4, 0.5) is 4.79 Å². The fourth-order valence-corrected chi connectivity index (χ4v) is 7.04. The van der Waals surface area contributed by atoms with Crippen LogP contribution in [-0.2, 0) is 29.2 Å². The lowest BCUT2D eigenvalue weighted by Gasteiger charge is -2.37. The molecule has 3 fully saturated rings. The van der Waals surface area contributed by atoms with Crippen LogP contribution < -0.4 is 21.7 Å². The van der Waals surface area contributed by atoms with Crippen molar-refractivity contribution in [1.29, 1.82) is 0 Å². The summed E-state index contributed by atoms with van der Waals surface area (Å²) in [6.07, 6.45) is 8.57. The number of rotatable bonds is 13. The van der Waals surface area contributed by atoms with Gasteiger partial charge in [-0.05, 0) is 42.9 Å². The first kappa shape index (κ1) is 37.0. The zero-order chi connectivity index (χ0) is 33.7. The van der Waals surface area contributed by atoms with Crippen molar-refractivity contribution in [2.45, 2.75) is 115 Å².